The lowest BCUT2D eigenvalue weighted by molar-refractivity contribution is 0.00531. The molecule has 1 aliphatic heterocycles. The predicted octanol–water partition coefficient (Wildman–Crippen LogP) is 3.03. The molecule has 2 N–H and O–H groups in total. The van der Waals surface area contributed by atoms with Gasteiger partial charge in [0.2, 0.25) is 0 Å². The van der Waals surface area contributed by atoms with Crippen LogP contribution in [0.3, 0.4) is 0 Å². The molecule has 2 unspecified atom stereocenters. The van der Waals surface area contributed by atoms with Crippen LogP contribution in [0.1, 0.15) is 57.3 Å². The zero-order chi connectivity index (χ0) is 13.7. The Kier molecular flexibility index (Phi) is 3.02. The van der Waals surface area contributed by atoms with E-state index in [9.17, 15) is 0 Å². The second-order valence-electron chi connectivity index (χ2n) is 7.40. The smallest absolute Gasteiger partial charge is 0.0833 e. The first-order valence-electron chi connectivity index (χ1n) is 7.46. The minimum atomic E-state index is 0.0124. The van der Waals surface area contributed by atoms with Crippen molar-refractivity contribution in [3.8, 4) is 0 Å². The van der Waals surface area contributed by atoms with Gasteiger partial charge < -0.3 is 15.0 Å². The van der Waals surface area contributed by atoms with Crippen LogP contribution in [-0.4, -0.2) is 16.8 Å². The van der Waals surface area contributed by atoms with Gasteiger partial charge in [-0.05, 0) is 49.7 Å². The largest absolute Gasteiger partial charge is 0.373 e. The molecule has 1 saturated heterocycles. The molecule has 0 radical (unpaired) electrons. The Labute approximate surface area is 116 Å². The summed E-state index contributed by atoms with van der Waals surface area (Å²) >= 11 is 0. The van der Waals surface area contributed by atoms with Crippen LogP contribution in [0, 0.1) is 5.41 Å². The van der Waals surface area contributed by atoms with Gasteiger partial charge in [0.15, 0.2) is 0 Å². The molecule has 19 heavy (non-hydrogen) atoms. The van der Waals surface area contributed by atoms with Crippen molar-refractivity contribution in [1.29, 1.82) is 0 Å². The Morgan fingerprint density at radius 3 is 2.89 bits per heavy atom. The van der Waals surface area contributed by atoms with E-state index in [0.29, 0.717) is 5.41 Å². The first-order valence-corrected chi connectivity index (χ1v) is 7.46. The quantitative estimate of drug-likeness (QED) is 0.890. The van der Waals surface area contributed by atoms with Gasteiger partial charge in [-0.3, -0.25) is 0 Å². The minimum absolute atomic E-state index is 0.0124. The number of fused-ring (bicyclic) bond motifs is 1. The number of nitrogens with zero attached hydrogens (tertiary/aromatic N) is 1. The highest BCUT2D eigenvalue weighted by Crippen LogP contribution is 2.40. The first kappa shape index (κ1) is 13.2. The molecule has 3 rings (SSSR count). The number of aromatic nitrogens is 1. The molecule has 2 atom stereocenters. The fourth-order valence-corrected chi connectivity index (χ4v) is 3.76. The molecular formula is C16H26N2O. The van der Waals surface area contributed by atoms with Crippen LogP contribution in [0.15, 0.2) is 12.3 Å². The lowest BCUT2D eigenvalue weighted by Crippen LogP contribution is -2.34. The summed E-state index contributed by atoms with van der Waals surface area (Å²) in [6, 6.07) is 2.41. The summed E-state index contributed by atoms with van der Waals surface area (Å²) < 4.78 is 8.32. The highest BCUT2D eigenvalue weighted by Gasteiger charge is 2.35. The number of hydrogen-bond acceptors (Lipinski definition) is 2. The van der Waals surface area contributed by atoms with E-state index >= 15 is 0 Å². The summed E-state index contributed by atoms with van der Waals surface area (Å²) in [5.74, 6) is 0. The van der Waals surface area contributed by atoms with Crippen molar-refractivity contribution >= 4 is 0 Å². The molecule has 0 spiro atoms. The van der Waals surface area contributed by atoms with Gasteiger partial charge in [0.05, 0.1) is 12.1 Å². The van der Waals surface area contributed by atoms with Crippen molar-refractivity contribution in [1.82, 2.24) is 4.57 Å². The third-order valence-electron chi connectivity index (χ3n) is 4.74. The molecule has 3 heteroatoms. The van der Waals surface area contributed by atoms with Gasteiger partial charge in [0.25, 0.3) is 0 Å². The van der Waals surface area contributed by atoms with Crippen molar-refractivity contribution in [2.24, 2.45) is 11.1 Å². The highest BCUT2D eigenvalue weighted by atomic mass is 16.5. The van der Waals surface area contributed by atoms with Gasteiger partial charge in [0, 0.05) is 24.5 Å². The second-order valence-corrected chi connectivity index (χ2v) is 7.40. The predicted molar refractivity (Wildman–Crippen MR) is 77.1 cm³/mol. The fourth-order valence-electron chi connectivity index (χ4n) is 3.76. The first-order chi connectivity index (χ1) is 8.89. The van der Waals surface area contributed by atoms with E-state index in [4.69, 9.17) is 10.5 Å². The Hall–Kier alpha value is -0.800. The maximum Gasteiger partial charge on any atom is 0.0833 e. The average Bonchev–Trinajstić information content (AvgIpc) is 2.86. The van der Waals surface area contributed by atoms with Crippen LogP contribution in [0.25, 0.3) is 0 Å². The van der Waals surface area contributed by atoms with Crippen molar-refractivity contribution in [3.63, 3.8) is 0 Å². The Balaban J connectivity index is 1.88. The van der Waals surface area contributed by atoms with E-state index in [1.165, 1.54) is 17.7 Å². The van der Waals surface area contributed by atoms with Crippen LogP contribution in [0.4, 0.5) is 0 Å². The lowest BCUT2D eigenvalue weighted by atomic mass is 9.74. The van der Waals surface area contributed by atoms with Gasteiger partial charge in [-0.15, -0.1) is 0 Å². The van der Waals surface area contributed by atoms with Crippen LogP contribution in [-0.2, 0) is 17.7 Å². The summed E-state index contributed by atoms with van der Waals surface area (Å²) in [5.41, 5.74) is 9.43. The third kappa shape index (κ3) is 2.46. The maximum absolute atomic E-state index is 6.33. The number of ether oxygens (including phenoxy) is 1. The molecule has 1 aliphatic carbocycles. The van der Waals surface area contributed by atoms with E-state index in [-0.39, 0.29) is 11.6 Å². The number of rotatable bonds is 2. The van der Waals surface area contributed by atoms with Crippen molar-refractivity contribution in [2.75, 3.05) is 6.61 Å². The molecule has 0 saturated carbocycles. The van der Waals surface area contributed by atoms with E-state index in [1.807, 2.05) is 0 Å². The Morgan fingerprint density at radius 2 is 2.21 bits per heavy atom. The van der Waals surface area contributed by atoms with Gasteiger partial charge in [-0.1, -0.05) is 13.8 Å². The van der Waals surface area contributed by atoms with Gasteiger partial charge in [-0.25, -0.2) is 0 Å². The molecule has 2 heterocycles. The summed E-state index contributed by atoms with van der Waals surface area (Å²) in [6.45, 7) is 8.75. The molecule has 1 aromatic rings. The molecule has 1 aromatic heterocycles. The lowest BCUT2D eigenvalue weighted by Gasteiger charge is -2.35. The van der Waals surface area contributed by atoms with E-state index in [2.05, 4.69) is 37.6 Å². The van der Waals surface area contributed by atoms with E-state index < -0.39 is 0 Å². The van der Waals surface area contributed by atoms with Crippen LogP contribution in [0.5, 0.6) is 0 Å². The molecule has 106 valence electrons. The van der Waals surface area contributed by atoms with Crippen molar-refractivity contribution < 1.29 is 4.74 Å². The molecule has 0 amide bonds. The third-order valence-corrected chi connectivity index (χ3v) is 4.74. The van der Waals surface area contributed by atoms with Gasteiger partial charge >= 0.3 is 0 Å². The molecular weight excluding hydrogens is 236 g/mol. The number of hydrogen-bond donors (Lipinski definition) is 1. The monoisotopic (exact) mass is 262 g/mol. The summed E-state index contributed by atoms with van der Waals surface area (Å²) in [5, 5.41) is 0. The summed E-state index contributed by atoms with van der Waals surface area (Å²) in [6.07, 6.45) is 6.76. The zero-order valence-electron chi connectivity index (χ0n) is 12.4. The van der Waals surface area contributed by atoms with Crippen LogP contribution >= 0.6 is 0 Å². The topological polar surface area (TPSA) is 40.2 Å². The second kappa shape index (κ2) is 4.35. The van der Waals surface area contributed by atoms with Crippen molar-refractivity contribution in [2.45, 2.75) is 64.6 Å². The highest BCUT2D eigenvalue weighted by molar-refractivity contribution is 5.30. The van der Waals surface area contributed by atoms with Crippen molar-refractivity contribution in [3.05, 3.63) is 23.5 Å². The average molecular weight is 262 g/mol. The molecule has 0 aromatic carbocycles. The Morgan fingerprint density at radius 1 is 1.42 bits per heavy atom. The molecule has 0 bridgehead atoms. The minimum Gasteiger partial charge on any atom is -0.373 e. The van der Waals surface area contributed by atoms with Gasteiger partial charge in [-0.2, -0.15) is 0 Å². The zero-order valence-corrected chi connectivity index (χ0v) is 12.4. The maximum atomic E-state index is 6.33. The van der Waals surface area contributed by atoms with Gasteiger partial charge in [0.1, 0.15) is 0 Å². The summed E-state index contributed by atoms with van der Waals surface area (Å²) in [7, 11) is 0. The molecule has 1 fully saturated rings. The standard InChI is InChI=1S/C16H26N2O/c1-15(2)9-13(17)12-5-7-18(14(12)10-15)11-16(3)6-4-8-19-16/h5,7,13H,4,6,8-11,17H2,1-3H3. The SMILES string of the molecule is CC1(C)Cc2c(ccn2CC2(C)CCCO2)C(N)C1. The summed E-state index contributed by atoms with van der Waals surface area (Å²) in [4.78, 5) is 0. The van der Waals surface area contributed by atoms with E-state index in [1.54, 1.807) is 0 Å². The van der Waals surface area contributed by atoms with Crippen LogP contribution < -0.4 is 5.73 Å². The van der Waals surface area contributed by atoms with Crippen LogP contribution in [0.2, 0.25) is 0 Å². The fraction of sp³-hybridized carbons (Fsp3) is 0.750. The number of nitrogens with two attached hydrogens (primary N) is 1. The normalized spacial score (nSPS) is 33.4. The Bertz CT molecular complexity index is 469. The molecule has 3 nitrogen and oxygen atoms in total. The molecule has 2 aliphatic rings. The van der Waals surface area contributed by atoms with E-state index in [0.717, 1.165) is 32.4 Å².